The third-order valence-electron chi connectivity index (χ3n) is 1.69. The van der Waals surface area contributed by atoms with Gasteiger partial charge in [0.15, 0.2) is 5.11 Å². The Kier molecular flexibility index (Phi) is 4.41. The molecule has 0 aliphatic rings. The van der Waals surface area contributed by atoms with E-state index in [9.17, 15) is 4.79 Å². The summed E-state index contributed by atoms with van der Waals surface area (Å²) in [5.74, 6) is -1.04. The van der Waals surface area contributed by atoms with Gasteiger partial charge in [0.2, 0.25) is 0 Å². The number of hydrogen-bond donors (Lipinski definition) is 2. The molecular weight excluding hydrogens is 226 g/mol. The second kappa shape index (κ2) is 5.82. The number of carboxylic acid groups (broad SMARTS) is 1. The van der Waals surface area contributed by atoms with E-state index in [1.54, 1.807) is 0 Å². The zero-order chi connectivity index (χ0) is 12.0. The minimum atomic E-state index is -1.04. The lowest BCUT2D eigenvalue weighted by Crippen LogP contribution is -2.35. The lowest BCUT2D eigenvalue weighted by Gasteiger charge is -2.13. The molecule has 0 fully saturated rings. The van der Waals surface area contributed by atoms with Crippen LogP contribution in [-0.2, 0) is 4.79 Å². The van der Waals surface area contributed by atoms with Crippen LogP contribution < -0.4 is 5.73 Å². The quantitative estimate of drug-likeness (QED) is 0.456. The first-order valence-electron chi connectivity index (χ1n) is 4.47. The Morgan fingerprint density at radius 2 is 2.12 bits per heavy atom. The van der Waals surface area contributed by atoms with Gasteiger partial charge in [-0.25, -0.2) is 5.01 Å². The van der Waals surface area contributed by atoms with Crippen molar-refractivity contribution in [3.05, 3.63) is 35.9 Å². The average Bonchev–Trinajstić information content (AvgIpc) is 2.25. The summed E-state index contributed by atoms with van der Waals surface area (Å²) in [4.78, 5) is 10.5. The third-order valence-corrected chi connectivity index (χ3v) is 1.90. The van der Waals surface area contributed by atoms with Crippen molar-refractivity contribution in [2.75, 3.05) is 6.54 Å². The predicted octanol–water partition coefficient (Wildman–Crippen LogP) is 0.651. The van der Waals surface area contributed by atoms with Crippen LogP contribution in [0.2, 0.25) is 0 Å². The number of hydrogen-bond acceptors (Lipinski definition) is 3. The third kappa shape index (κ3) is 4.05. The molecule has 0 aliphatic heterocycles. The summed E-state index contributed by atoms with van der Waals surface area (Å²) in [5.41, 5.74) is 6.17. The summed E-state index contributed by atoms with van der Waals surface area (Å²) in [7, 11) is 0. The van der Waals surface area contributed by atoms with Crippen molar-refractivity contribution in [3.63, 3.8) is 0 Å². The van der Waals surface area contributed by atoms with E-state index >= 15 is 0 Å². The second-order valence-electron chi connectivity index (χ2n) is 2.94. The van der Waals surface area contributed by atoms with Gasteiger partial charge in [0.25, 0.3) is 0 Å². The molecule has 1 aromatic carbocycles. The monoisotopic (exact) mass is 237 g/mol. The van der Waals surface area contributed by atoms with Crippen LogP contribution in [0.4, 0.5) is 0 Å². The Morgan fingerprint density at radius 3 is 2.62 bits per heavy atom. The maximum absolute atomic E-state index is 10.5. The maximum Gasteiger partial charge on any atom is 0.325 e. The van der Waals surface area contributed by atoms with Gasteiger partial charge < -0.3 is 10.8 Å². The standard InChI is InChI=1S/C10H11N3O2S/c11-10(16)13(7-9(14)15)12-6-8-4-2-1-3-5-8/h1-6H,7H2,(H2,11,16)(H,14,15)/b12-6-. The molecule has 0 saturated heterocycles. The van der Waals surface area contributed by atoms with Crippen LogP contribution in [0, 0.1) is 0 Å². The molecule has 0 spiro atoms. The molecule has 0 heterocycles. The van der Waals surface area contributed by atoms with E-state index in [0.29, 0.717) is 0 Å². The Hall–Kier alpha value is -1.95. The molecule has 5 nitrogen and oxygen atoms in total. The molecule has 0 aromatic heterocycles. The highest BCUT2D eigenvalue weighted by Crippen LogP contribution is 1.96. The molecule has 1 rings (SSSR count). The molecule has 16 heavy (non-hydrogen) atoms. The van der Waals surface area contributed by atoms with E-state index in [1.165, 1.54) is 6.21 Å². The number of thiocarbonyl (C=S) groups is 1. The van der Waals surface area contributed by atoms with Crippen LogP contribution in [0.25, 0.3) is 0 Å². The molecule has 0 saturated carbocycles. The summed E-state index contributed by atoms with van der Waals surface area (Å²) >= 11 is 4.68. The van der Waals surface area contributed by atoms with E-state index in [0.717, 1.165) is 10.6 Å². The van der Waals surface area contributed by atoms with E-state index in [1.807, 2.05) is 30.3 Å². The van der Waals surface area contributed by atoms with E-state index < -0.39 is 5.97 Å². The predicted molar refractivity (Wildman–Crippen MR) is 65.2 cm³/mol. The van der Waals surface area contributed by atoms with Crippen molar-refractivity contribution in [2.45, 2.75) is 0 Å². The van der Waals surface area contributed by atoms with Crippen LogP contribution in [0.3, 0.4) is 0 Å². The first-order chi connectivity index (χ1) is 7.59. The molecule has 0 atom stereocenters. The molecule has 0 unspecified atom stereocenters. The Balaban J connectivity index is 2.72. The number of nitrogens with zero attached hydrogens (tertiary/aromatic N) is 2. The van der Waals surface area contributed by atoms with Gasteiger partial charge >= 0.3 is 5.97 Å². The van der Waals surface area contributed by atoms with Gasteiger partial charge in [-0.2, -0.15) is 5.10 Å². The van der Waals surface area contributed by atoms with E-state index in [-0.39, 0.29) is 11.7 Å². The fourth-order valence-electron chi connectivity index (χ4n) is 0.979. The number of hydrazone groups is 1. The number of benzene rings is 1. The summed E-state index contributed by atoms with van der Waals surface area (Å²) in [6.45, 7) is -0.349. The van der Waals surface area contributed by atoms with Crippen molar-refractivity contribution < 1.29 is 9.90 Å². The Morgan fingerprint density at radius 1 is 1.50 bits per heavy atom. The summed E-state index contributed by atoms with van der Waals surface area (Å²) in [5, 5.41) is 13.5. The highest BCUT2D eigenvalue weighted by Gasteiger charge is 2.08. The molecule has 3 N–H and O–H groups in total. The Bertz CT molecular complexity index is 406. The molecule has 84 valence electrons. The highest BCUT2D eigenvalue weighted by molar-refractivity contribution is 7.80. The number of rotatable bonds is 4. The number of carbonyl (C=O) groups is 1. The molecule has 0 bridgehead atoms. The van der Waals surface area contributed by atoms with Crippen LogP contribution in [0.5, 0.6) is 0 Å². The largest absolute Gasteiger partial charge is 0.480 e. The first-order valence-corrected chi connectivity index (χ1v) is 4.88. The molecule has 1 aromatic rings. The van der Waals surface area contributed by atoms with Gasteiger partial charge in [0, 0.05) is 0 Å². The van der Waals surface area contributed by atoms with Gasteiger partial charge in [-0.15, -0.1) is 0 Å². The van der Waals surface area contributed by atoms with Crippen molar-refractivity contribution in [3.8, 4) is 0 Å². The van der Waals surface area contributed by atoms with Gasteiger partial charge in [-0.05, 0) is 17.8 Å². The minimum absolute atomic E-state index is 0.0745. The van der Waals surface area contributed by atoms with Crippen molar-refractivity contribution in [1.82, 2.24) is 5.01 Å². The zero-order valence-corrected chi connectivity index (χ0v) is 9.22. The summed E-state index contributed by atoms with van der Waals surface area (Å²) in [6.07, 6.45) is 1.50. The molecule has 0 aliphatic carbocycles. The average molecular weight is 237 g/mol. The van der Waals surface area contributed by atoms with Gasteiger partial charge in [-0.3, -0.25) is 4.79 Å². The lowest BCUT2D eigenvalue weighted by molar-refractivity contribution is -0.137. The van der Waals surface area contributed by atoms with E-state index in [4.69, 9.17) is 10.8 Å². The van der Waals surface area contributed by atoms with Gasteiger partial charge in [0.1, 0.15) is 6.54 Å². The smallest absolute Gasteiger partial charge is 0.325 e. The molecule has 6 heteroatoms. The van der Waals surface area contributed by atoms with Gasteiger partial charge in [0.05, 0.1) is 6.21 Å². The van der Waals surface area contributed by atoms with Crippen molar-refractivity contribution in [1.29, 1.82) is 0 Å². The normalized spacial score (nSPS) is 10.2. The maximum atomic E-state index is 10.5. The molecule has 0 amide bonds. The highest BCUT2D eigenvalue weighted by atomic mass is 32.1. The van der Waals surface area contributed by atoms with Crippen LogP contribution in [0.15, 0.2) is 35.4 Å². The van der Waals surface area contributed by atoms with Gasteiger partial charge in [-0.1, -0.05) is 30.3 Å². The first kappa shape index (κ1) is 12.1. The van der Waals surface area contributed by atoms with Crippen LogP contribution in [0.1, 0.15) is 5.56 Å². The second-order valence-corrected chi connectivity index (χ2v) is 3.36. The van der Waals surface area contributed by atoms with Crippen molar-refractivity contribution >= 4 is 29.5 Å². The topological polar surface area (TPSA) is 78.9 Å². The zero-order valence-electron chi connectivity index (χ0n) is 8.41. The number of carboxylic acids is 1. The molecule has 0 radical (unpaired) electrons. The number of nitrogens with two attached hydrogens (primary N) is 1. The summed E-state index contributed by atoms with van der Waals surface area (Å²) < 4.78 is 0. The fourth-order valence-corrected chi connectivity index (χ4v) is 1.09. The minimum Gasteiger partial charge on any atom is -0.480 e. The van der Waals surface area contributed by atoms with Crippen LogP contribution in [-0.4, -0.2) is 34.0 Å². The fraction of sp³-hybridized carbons (Fsp3) is 0.100. The lowest BCUT2D eigenvalue weighted by atomic mass is 10.2. The molecular formula is C10H11N3O2S. The Labute approximate surface area is 98.2 Å². The number of aliphatic carboxylic acids is 1. The summed E-state index contributed by atoms with van der Waals surface area (Å²) in [6, 6.07) is 9.25. The van der Waals surface area contributed by atoms with Crippen LogP contribution >= 0.6 is 12.2 Å². The van der Waals surface area contributed by atoms with Crippen molar-refractivity contribution in [2.24, 2.45) is 10.8 Å². The SMILES string of the molecule is NC(=S)N(CC(=O)O)/N=C\c1ccccc1. The van der Waals surface area contributed by atoms with E-state index in [2.05, 4.69) is 17.3 Å².